The highest BCUT2D eigenvalue weighted by Gasteiger charge is 2.29. The zero-order valence-electron chi connectivity index (χ0n) is 15.1. The molecular formula is C20H24FN3OS. The first kappa shape index (κ1) is 17.6. The number of halogens is 1. The van der Waals surface area contributed by atoms with Gasteiger partial charge < -0.3 is 5.32 Å². The maximum atomic E-state index is 13.7. The topological polar surface area (TPSA) is 46.9 Å². The van der Waals surface area contributed by atoms with Crippen LogP contribution in [0.25, 0.3) is 11.3 Å². The molecule has 0 bridgehead atoms. The molecule has 4 nitrogen and oxygen atoms in total. The highest BCUT2D eigenvalue weighted by molar-refractivity contribution is 7.98. The number of hydrogen-bond acceptors (Lipinski definition) is 3. The Morgan fingerprint density at radius 3 is 2.73 bits per heavy atom. The maximum absolute atomic E-state index is 13.7. The van der Waals surface area contributed by atoms with Gasteiger partial charge in [-0.3, -0.25) is 9.48 Å². The van der Waals surface area contributed by atoms with Crippen molar-refractivity contribution in [2.24, 2.45) is 7.05 Å². The van der Waals surface area contributed by atoms with Gasteiger partial charge in [-0.1, -0.05) is 32.1 Å². The Labute approximate surface area is 157 Å². The standard InChI is InChI=1S/C20H24FN3OS/c1-24-19-15-11-13(21)9-10-17(15)26-12-16(19)18(23-24)20(25)22-14-7-5-3-2-4-6-8-14/h9-11,14H,2-8,12H2,1H3,(H,22,25). The number of fused-ring (bicyclic) bond motifs is 3. The molecule has 0 radical (unpaired) electrons. The molecule has 1 fully saturated rings. The smallest absolute Gasteiger partial charge is 0.272 e. The lowest BCUT2D eigenvalue weighted by Crippen LogP contribution is -2.36. The number of aromatic nitrogens is 2. The van der Waals surface area contributed by atoms with E-state index in [1.165, 1.54) is 38.2 Å². The summed E-state index contributed by atoms with van der Waals surface area (Å²) in [5, 5.41) is 7.70. The summed E-state index contributed by atoms with van der Waals surface area (Å²) in [6, 6.07) is 5.06. The van der Waals surface area contributed by atoms with E-state index in [9.17, 15) is 9.18 Å². The summed E-state index contributed by atoms with van der Waals surface area (Å²) < 4.78 is 15.5. The lowest BCUT2D eigenvalue weighted by atomic mass is 9.96. The van der Waals surface area contributed by atoms with E-state index in [1.54, 1.807) is 28.6 Å². The number of nitrogens with one attached hydrogen (secondary N) is 1. The number of carbonyl (C=O) groups is 1. The van der Waals surface area contributed by atoms with Crippen LogP contribution in [0.2, 0.25) is 0 Å². The summed E-state index contributed by atoms with van der Waals surface area (Å²) in [7, 11) is 1.83. The van der Waals surface area contributed by atoms with Gasteiger partial charge in [-0.15, -0.1) is 11.8 Å². The number of thioether (sulfide) groups is 1. The van der Waals surface area contributed by atoms with E-state index >= 15 is 0 Å². The van der Waals surface area contributed by atoms with Crippen molar-refractivity contribution < 1.29 is 9.18 Å². The number of aryl methyl sites for hydroxylation is 1. The molecule has 0 atom stereocenters. The number of benzene rings is 1. The molecule has 1 amide bonds. The average Bonchev–Trinajstić information content (AvgIpc) is 2.94. The van der Waals surface area contributed by atoms with Gasteiger partial charge in [0.15, 0.2) is 5.69 Å². The Balaban J connectivity index is 1.61. The molecule has 1 aromatic heterocycles. The highest BCUT2D eigenvalue weighted by atomic mass is 32.2. The third kappa shape index (κ3) is 3.39. The van der Waals surface area contributed by atoms with Crippen LogP contribution in [0.1, 0.15) is 61.0 Å². The van der Waals surface area contributed by atoms with Crippen LogP contribution in [0, 0.1) is 5.82 Å². The molecule has 1 saturated carbocycles. The maximum Gasteiger partial charge on any atom is 0.272 e. The van der Waals surface area contributed by atoms with Gasteiger partial charge in [0.2, 0.25) is 0 Å². The number of carbonyl (C=O) groups excluding carboxylic acids is 1. The van der Waals surface area contributed by atoms with Crippen LogP contribution in [0.15, 0.2) is 23.1 Å². The lowest BCUT2D eigenvalue weighted by molar-refractivity contribution is 0.0924. The van der Waals surface area contributed by atoms with Crippen LogP contribution in [0.4, 0.5) is 4.39 Å². The minimum absolute atomic E-state index is 0.0899. The molecule has 0 unspecified atom stereocenters. The van der Waals surface area contributed by atoms with E-state index < -0.39 is 0 Å². The van der Waals surface area contributed by atoms with Gasteiger partial charge >= 0.3 is 0 Å². The van der Waals surface area contributed by atoms with Gasteiger partial charge in [-0.2, -0.15) is 5.10 Å². The third-order valence-electron chi connectivity index (χ3n) is 5.37. The van der Waals surface area contributed by atoms with Crippen LogP contribution < -0.4 is 5.32 Å². The summed E-state index contributed by atoms with van der Waals surface area (Å²) in [5.41, 5.74) is 3.10. The van der Waals surface area contributed by atoms with Crippen LogP contribution >= 0.6 is 11.8 Å². The van der Waals surface area contributed by atoms with Crippen molar-refractivity contribution in [1.29, 1.82) is 0 Å². The molecule has 1 aromatic carbocycles. The summed E-state index contributed by atoms with van der Waals surface area (Å²) in [6.45, 7) is 0. The van der Waals surface area contributed by atoms with Crippen LogP contribution in [-0.2, 0) is 12.8 Å². The normalized spacial score (nSPS) is 17.8. The fourth-order valence-corrected chi connectivity index (χ4v) is 5.09. The molecule has 2 aromatic rings. The van der Waals surface area contributed by atoms with Crippen molar-refractivity contribution in [3.8, 4) is 11.3 Å². The first-order valence-electron chi connectivity index (χ1n) is 9.43. The molecule has 0 saturated heterocycles. The second-order valence-corrected chi connectivity index (χ2v) is 8.26. The van der Waals surface area contributed by atoms with Crippen molar-refractivity contribution in [2.75, 3.05) is 0 Å². The molecule has 1 aliphatic heterocycles. The number of amides is 1. The Kier molecular flexibility index (Phi) is 5.02. The number of rotatable bonds is 2. The summed E-state index contributed by atoms with van der Waals surface area (Å²) in [4.78, 5) is 13.9. The molecular weight excluding hydrogens is 349 g/mol. The van der Waals surface area contributed by atoms with Crippen molar-refractivity contribution in [3.63, 3.8) is 0 Å². The molecule has 0 spiro atoms. The minimum Gasteiger partial charge on any atom is -0.348 e. The lowest BCUT2D eigenvalue weighted by Gasteiger charge is -2.21. The van der Waals surface area contributed by atoms with Crippen LogP contribution in [0.3, 0.4) is 0 Å². The second kappa shape index (κ2) is 7.43. The van der Waals surface area contributed by atoms with Gasteiger partial charge in [0, 0.05) is 34.9 Å². The number of hydrogen-bond donors (Lipinski definition) is 1. The molecule has 6 heteroatoms. The average molecular weight is 373 g/mol. The van der Waals surface area contributed by atoms with E-state index in [0.29, 0.717) is 11.4 Å². The van der Waals surface area contributed by atoms with Crippen molar-refractivity contribution in [3.05, 3.63) is 35.3 Å². The zero-order chi connectivity index (χ0) is 18.1. The van der Waals surface area contributed by atoms with Crippen molar-refractivity contribution in [1.82, 2.24) is 15.1 Å². The summed E-state index contributed by atoms with van der Waals surface area (Å²) in [5.74, 6) is 0.335. The van der Waals surface area contributed by atoms with E-state index in [1.807, 2.05) is 7.05 Å². The van der Waals surface area contributed by atoms with Crippen molar-refractivity contribution in [2.45, 2.75) is 61.6 Å². The minimum atomic E-state index is -0.265. The van der Waals surface area contributed by atoms with Crippen LogP contribution in [-0.4, -0.2) is 21.7 Å². The molecule has 26 heavy (non-hydrogen) atoms. The molecule has 4 rings (SSSR count). The Bertz CT molecular complexity index is 825. The van der Waals surface area contributed by atoms with Gasteiger partial charge in [0.1, 0.15) is 5.82 Å². The Morgan fingerprint density at radius 1 is 1.23 bits per heavy atom. The SMILES string of the molecule is Cn1nc(C(=O)NC2CCCCCCC2)c2c1-c1cc(F)ccc1SC2. The first-order chi connectivity index (χ1) is 12.6. The largest absolute Gasteiger partial charge is 0.348 e. The van der Waals surface area contributed by atoms with Gasteiger partial charge in [0.05, 0.1) is 5.69 Å². The second-order valence-electron chi connectivity index (χ2n) is 7.24. The molecule has 138 valence electrons. The van der Waals surface area contributed by atoms with E-state index in [-0.39, 0.29) is 17.8 Å². The van der Waals surface area contributed by atoms with Crippen molar-refractivity contribution >= 4 is 17.7 Å². The quantitative estimate of drug-likeness (QED) is 0.832. The molecule has 2 heterocycles. The summed E-state index contributed by atoms with van der Waals surface area (Å²) in [6.07, 6.45) is 8.25. The monoisotopic (exact) mass is 373 g/mol. The van der Waals surface area contributed by atoms with E-state index in [4.69, 9.17) is 0 Å². The summed E-state index contributed by atoms with van der Waals surface area (Å²) >= 11 is 1.64. The third-order valence-corrected chi connectivity index (χ3v) is 6.47. The van der Waals surface area contributed by atoms with E-state index in [2.05, 4.69) is 10.4 Å². The predicted molar refractivity (Wildman–Crippen MR) is 102 cm³/mol. The molecule has 1 aliphatic carbocycles. The Hall–Kier alpha value is -1.82. The fraction of sp³-hybridized carbons (Fsp3) is 0.500. The molecule has 1 N–H and O–H groups in total. The Morgan fingerprint density at radius 2 is 1.96 bits per heavy atom. The van der Waals surface area contributed by atoms with E-state index in [0.717, 1.165) is 34.6 Å². The predicted octanol–water partition coefficient (Wildman–Crippen LogP) is 4.67. The zero-order valence-corrected chi connectivity index (χ0v) is 15.9. The van der Waals surface area contributed by atoms with Crippen LogP contribution in [0.5, 0.6) is 0 Å². The first-order valence-corrected chi connectivity index (χ1v) is 10.4. The highest BCUT2D eigenvalue weighted by Crippen LogP contribution is 2.42. The van der Waals surface area contributed by atoms with Gasteiger partial charge in [-0.25, -0.2) is 4.39 Å². The van der Waals surface area contributed by atoms with Gasteiger partial charge in [0.25, 0.3) is 5.91 Å². The molecule has 2 aliphatic rings. The fourth-order valence-electron chi connectivity index (χ4n) is 4.04. The number of nitrogens with zero attached hydrogens (tertiary/aromatic N) is 2. The van der Waals surface area contributed by atoms with Gasteiger partial charge in [-0.05, 0) is 31.0 Å².